The Morgan fingerprint density at radius 3 is 0.963 bits per heavy atom. The Hall–Kier alpha value is -5.55. The minimum absolute atomic E-state index is 0.842. The van der Waals surface area contributed by atoms with Crippen LogP contribution in [-0.4, -0.2) is 560 Å². The van der Waals surface area contributed by atoms with Gasteiger partial charge in [0.1, 0.15) is 220 Å². The SMILES string of the molecule is CC(=O)N[C@@H]1[C@@H](O[C@@H]2O[C@H](CO)[C@H](O)[C@H](O[C@]3(C(=O)O)C[C@H](O)[C@@H](NC(C)=O)[C@H]([C@H](O)[C@H](O)CO)O3)[C@H]2O)[C@@H](O)[C@@H](CO[C@@H]2O[C@H](CO)[C@@H](O[C@@H]3O[C@H](CO)[C@H](O)[C@H](O[C@@H]4O[C@H](CO)[C@@H](O[C@@H]5O[C@@H](C)[C@@H](O)[C@@H](O)[C@@H]5O)[C@H](O[C@@H]5O[C@H](CO)[C@H](O)[C@H](O[C@]6(C(=O)O)C[C@H](O)[C@@H](NC(C)=O)[C@H]([C@H](O)[C@H](O)CO)O6)[C@H]5O)[C@H]4NC(C)=O)[C@H]3O)[C@H](O[C@@H]3O[C@@H](C)[C@@H](O)[C@@H](O)[C@@H]3O)[C@H]2NC(C)=O)O[C@@H]1O. The zero-order valence-corrected chi connectivity index (χ0v) is 73.5. The van der Waals surface area contributed by atoms with Crippen molar-refractivity contribution in [3.05, 3.63) is 0 Å². The maximum Gasteiger partial charge on any atom is 0.364 e. The van der Waals surface area contributed by atoms with Gasteiger partial charge in [-0.25, -0.2) is 9.59 Å². The molecule has 10 rings (SSSR count). The Bertz CT molecular complexity index is 3890. The minimum Gasteiger partial charge on any atom is -0.477 e. The first-order chi connectivity index (χ1) is 63.9. The van der Waals surface area contributed by atoms with Gasteiger partial charge in [-0.3, -0.25) is 24.0 Å². The third-order valence-corrected chi connectivity index (χ3v) is 24.7. The normalized spacial score (nSPS) is 46.7. The minimum atomic E-state index is -3.41. The topological polar surface area (TPSA) is 942 Å². The van der Waals surface area contributed by atoms with Crippen molar-refractivity contribution >= 4 is 41.5 Å². The molecule has 52 atom stereocenters. The lowest BCUT2D eigenvalue weighted by Crippen LogP contribution is -2.72. The molecule has 0 aromatic heterocycles. The number of carboxylic acids is 2. The number of ether oxygens (including phenoxy) is 19. The van der Waals surface area contributed by atoms with Crippen molar-refractivity contribution < 1.29 is 272 Å². The van der Waals surface area contributed by atoms with Crippen molar-refractivity contribution in [2.45, 2.75) is 379 Å². The molecule has 10 saturated heterocycles. The van der Waals surface area contributed by atoms with Crippen LogP contribution < -0.4 is 26.6 Å². The molecule has 10 fully saturated rings. The number of carbonyl (C=O) groups excluding carboxylic acids is 5. The highest BCUT2D eigenvalue weighted by atomic mass is 16.8. The Kier molecular flexibility index (Phi) is 39.5. The van der Waals surface area contributed by atoms with Crippen molar-refractivity contribution in [3.63, 3.8) is 0 Å². The van der Waals surface area contributed by atoms with Crippen molar-refractivity contribution in [1.82, 2.24) is 26.6 Å². The first kappa shape index (κ1) is 112. The largest absolute Gasteiger partial charge is 0.477 e. The van der Waals surface area contributed by atoms with Crippen LogP contribution in [0.15, 0.2) is 0 Å². The van der Waals surface area contributed by atoms with Gasteiger partial charge in [-0.2, -0.15) is 0 Å². The Morgan fingerprint density at radius 2 is 0.610 bits per heavy atom. The second kappa shape index (κ2) is 47.8. The summed E-state index contributed by atoms with van der Waals surface area (Å²) in [6, 6.07) is -9.85. The van der Waals surface area contributed by atoms with E-state index in [2.05, 4.69) is 26.6 Å². The molecule has 784 valence electrons. The molecule has 136 heavy (non-hydrogen) atoms. The second-order valence-electron chi connectivity index (χ2n) is 34.5. The van der Waals surface area contributed by atoms with Crippen LogP contribution in [0.4, 0.5) is 0 Å². The van der Waals surface area contributed by atoms with Gasteiger partial charge in [0.15, 0.2) is 50.3 Å². The Balaban J connectivity index is 0.970. The van der Waals surface area contributed by atoms with Crippen molar-refractivity contribution in [2.75, 3.05) is 52.9 Å². The van der Waals surface area contributed by atoms with E-state index in [-0.39, 0.29) is 0 Å². The van der Waals surface area contributed by atoms with Gasteiger partial charge in [-0.15, -0.1) is 0 Å². The van der Waals surface area contributed by atoms with Gasteiger partial charge >= 0.3 is 11.9 Å². The fraction of sp³-hybridized carbons (Fsp3) is 0.908. The van der Waals surface area contributed by atoms with Gasteiger partial charge in [0.2, 0.25) is 29.5 Å². The molecule has 0 aromatic carbocycles. The van der Waals surface area contributed by atoms with Crippen LogP contribution in [0, 0.1) is 0 Å². The number of carboxylic acid groups (broad SMARTS) is 2. The molecule has 60 nitrogen and oxygen atoms in total. The first-order valence-corrected chi connectivity index (χ1v) is 43.1. The number of amides is 5. The lowest BCUT2D eigenvalue weighted by Gasteiger charge is -2.53. The number of nitrogens with one attached hydrogen (secondary N) is 5. The fourth-order valence-electron chi connectivity index (χ4n) is 17.7. The number of aliphatic hydroxyl groups excluding tert-OH is 27. The highest BCUT2D eigenvalue weighted by Crippen LogP contribution is 2.45. The van der Waals surface area contributed by atoms with E-state index in [4.69, 9.17) is 90.0 Å². The highest BCUT2D eigenvalue weighted by molar-refractivity contribution is 5.78. The molecule has 0 unspecified atom stereocenters. The van der Waals surface area contributed by atoms with E-state index in [0.717, 1.165) is 34.6 Å². The third-order valence-electron chi connectivity index (χ3n) is 24.7. The quantitative estimate of drug-likeness (QED) is 0.0275. The number of carbonyl (C=O) groups is 7. The molecule has 0 spiro atoms. The molecule has 34 N–H and O–H groups in total. The zero-order valence-electron chi connectivity index (χ0n) is 73.5. The van der Waals surface area contributed by atoms with Crippen LogP contribution in [0.1, 0.15) is 61.3 Å². The smallest absolute Gasteiger partial charge is 0.364 e. The number of aliphatic hydroxyl groups is 27. The van der Waals surface area contributed by atoms with Crippen molar-refractivity contribution in [3.8, 4) is 0 Å². The van der Waals surface area contributed by atoms with Gasteiger partial charge in [0.05, 0.1) is 89.4 Å². The second-order valence-corrected chi connectivity index (χ2v) is 34.5. The van der Waals surface area contributed by atoms with Crippen LogP contribution in [0.3, 0.4) is 0 Å². The lowest BCUT2D eigenvalue weighted by atomic mass is 9.88. The van der Waals surface area contributed by atoms with E-state index in [9.17, 15) is 182 Å². The van der Waals surface area contributed by atoms with Gasteiger partial charge in [-0.05, 0) is 13.8 Å². The summed E-state index contributed by atoms with van der Waals surface area (Å²) in [6.45, 7) is -3.26. The maximum absolute atomic E-state index is 13.8. The number of hydrogen-bond donors (Lipinski definition) is 34. The van der Waals surface area contributed by atoms with Crippen LogP contribution in [-0.2, 0) is 124 Å². The summed E-state index contributed by atoms with van der Waals surface area (Å²) in [5.41, 5.74) is 0. The summed E-state index contributed by atoms with van der Waals surface area (Å²) in [6.07, 6.45) is -103. The molecule has 0 aromatic rings. The lowest BCUT2D eigenvalue weighted by molar-refractivity contribution is -0.400. The predicted molar refractivity (Wildman–Crippen MR) is 419 cm³/mol. The summed E-state index contributed by atoms with van der Waals surface area (Å²) < 4.78 is 114. The van der Waals surface area contributed by atoms with Gasteiger partial charge < -0.3 is 265 Å². The summed E-state index contributed by atoms with van der Waals surface area (Å²) in [5, 5.41) is 338. The van der Waals surface area contributed by atoms with E-state index < -0.39 is 425 Å². The zero-order chi connectivity index (χ0) is 101. The van der Waals surface area contributed by atoms with Gasteiger partial charge in [0, 0.05) is 47.5 Å². The predicted octanol–water partition coefficient (Wildman–Crippen LogP) is -21.6. The monoisotopic (exact) mass is 1990 g/mol. The van der Waals surface area contributed by atoms with Crippen LogP contribution in [0.5, 0.6) is 0 Å². The first-order valence-electron chi connectivity index (χ1n) is 43.1. The number of hydrogen-bond acceptors (Lipinski definition) is 53. The fourth-order valence-corrected chi connectivity index (χ4v) is 17.7. The molecule has 10 heterocycles. The van der Waals surface area contributed by atoms with E-state index in [1.54, 1.807) is 0 Å². The van der Waals surface area contributed by atoms with Gasteiger partial charge in [-0.1, -0.05) is 0 Å². The molecule has 10 aliphatic heterocycles. The summed E-state index contributed by atoms with van der Waals surface area (Å²) in [4.78, 5) is 91.9. The summed E-state index contributed by atoms with van der Waals surface area (Å²) >= 11 is 0. The van der Waals surface area contributed by atoms with E-state index in [1.807, 2.05) is 0 Å². The molecule has 0 aliphatic carbocycles. The van der Waals surface area contributed by atoms with Gasteiger partial charge in [0.25, 0.3) is 11.6 Å². The highest BCUT2D eigenvalue weighted by Gasteiger charge is 2.66. The molecule has 0 bridgehead atoms. The molecule has 60 heteroatoms. The molecular weight excluding hydrogens is 1860 g/mol. The van der Waals surface area contributed by atoms with E-state index in [1.165, 1.54) is 13.8 Å². The van der Waals surface area contributed by atoms with E-state index in [0.29, 0.717) is 0 Å². The third kappa shape index (κ3) is 24.6. The average Bonchev–Trinajstić information content (AvgIpc) is 0.754. The summed E-state index contributed by atoms with van der Waals surface area (Å²) in [5.74, 6) is -16.1. The maximum atomic E-state index is 13.8. The molecule has 5 amide bonds. The van der Waals surface area contributed by atoms with Crippen molar-refractivity contribution in [2.24, 2.45) is 0 Å². The molecule has 0 saturated carbocycles. The number of rotatable bonds is 37. The average molecular weight is 1990 g/mol. The molecular formula is C76H125N5O55. The Morgan fingerprint density at radius 1 is 0.316 bits per heavy atom. The van der Waals surface area contributed by atoms with Crippen LogP contribution in [0.2, 0.25) is 0 Å². The van der Waals surface area contributed by atoms with Crippen LogP contribution >= 0.6 is 0 Å². The molecule has 0 radical (unpaired) electrons. The van der Waals surface area contributed by atoms with E-state index >= 15 is 0 Å². The standard InChI is InChI=1S/C76H125N5O55/c1-18-40(98)48(106)50(108)68(119-18)127-56-33(16-88)126-67(39(81-24(7)93)61(56)131-72-54(112)64(46(104)31(14-86)124-72)136-76(74(116)117)9-26(95)36(78-21(4)90)59(134-76)43(101)28(97)11-83)132-62-44(102)29(12-84)122-70(52(62)110)128-55-32(15-87)125-66(38(80-23(6)92)60(55)130-69-51(109)49(107)41(99)19(2)120-69)118-17-34-47(105)57(37(65(113)121-34)79-22(5)91)129-71-53(111)63(45(103)30(13-85)123-71)135-75(73(114)115)8-25(94)35(77-20(3)89)58(133-75)42(100)27(96)10-82/h18-19,25-72,82-88,94-113H,8-17H2,1-7H3,(H,77,89)(H,78,90)(H,79,91)(H,80,92)(H,81,93)(H,114,115)(H,116,117)/t18-,19-,25-,26-,27+,28+,29+,30+,31+,32+,33+,34+,35+,36+,37+,38+,39+,40+,41+,42+,43+,44-,45-,46-,47-,48+,49+,50-,51-,52+,53+,54+,55+,56+,57+,58+,59+,60+,61+,62-,63-,64-,65-,66+,67-,68-,69-,70-,71-,72-,75-,76-/m0/s1. The van der Waals surface area contributed by atoms with Crippen molar-refractivity contribution in [1.29, 1.82) is 0 Å². The number of aliphatic carboxylic acids is 2. The Labute approximate surface area is 769 Å². The molecule has 10 aliphatic rings. The summed E-state index contributed by atoms with van der Waals surface area (Å²) in [7, 11) is 0. The van der Waals surface area contributed by atoms with Crippen LogP contribution in [0.25, 0.3) is 0 Å².